The number of hydrogen-bond acceptors (Lipinski definition) is 3. The monoisotopic (exact) mass is 328 g/mol. The van der Waals surface area contributed by atoms with Crippen molar-refractivity contribution in [2.24, 2.45) is 0 Å². The first-order valence-corrected chi connectivity index (χ1v) is 8.24. The van der Waals surface area contributed by atoms with Crippen LogP contribution in [0.2, 0.25) is 10.0 Å². The van der Waals surface area contributed by atoms with Crippen LogP contribution >= 0.6 is 34.5 Å². The van der Waals surface area contributed by atoms with Crippen molar-refractivity contribution in [1.29, 1.82) is 0 Å². The van der Waals surface area contributed by atoms with E-state index in [2.05, 4.69) is 31.1 Å². The summed E-state index contributed by atoms with van der Waals surface area (Å²) in [5.74, 6) is 0. The van der Waals surface area contributed by atoms with Crippen LogP contribution < -0.4 is 5.32 Å². The predicted octanol–water partition coefficient (Wildman–Crippen LogP) is 5.42. The Kier molecular flexibility index (Phi) is 5.44. The van der Waals surface area contributed by atoms with Crippen molar-refractivity contribution in [2.45, 2.75) is 39.3 Å². The van der Waals surface area contributed by atoms with Gasteiger partial charge in [-0.05, 0) is 44.0 Å². The molecule has 0 spiro atoms. The SMILES string of the molecule is CCc1cnc(C(C)NC(C)c2cc(Cl)ccc2Cl)s1. The minimum absolute atomic E-state index is 0.116. The average Bonchev–Trinajstić information content (AvgIpc) is 2.90. The lowest BCUT2D eigenvalue weighted by atomic mass is 10.1. The molecule has 1 aromatic carbocycles. The van der Waals surface area contributed by atoms with Crippen LogP contribution in [-0.4, -0.2) is 4.98 Å². The van der Waals surface area contributed by atoms with Crippen molar-refractivity contribution in [3.05, 3.63) is 49.9 Å². The van der Waals surface area contributed by atoms with E-state index in [0.29, 0.717) is 5.02 Å². The molecular weight excluding hydrogens is 311 g/mol. The van der Waals surface area contributed by atoms with Gasteiger partial charge in [-0.1, -0.05) is 30.1 Å². The van der Waals surface area contributed by atoms with Crippen molar-refractivity contribution in [3.8, 4) is 0 Å². The minimum Gasteiger partial charge on any atom is -0.301 e. The Balaban J connectivity index is 2.10. The van der Waals surface area contributed by atoms with Gasteiger partial charge in [0.2, 0.25) is 0 Å². The standard InChI is InChI=1S/C15H18Cl2N2S/c1-4-12-8-18-15(20-12)10(3)19-9(2)13-7-11(16)5-6-14(13)17/h5-10,19H,4H2,1-3H3. The largest absolute Gasteiger partial charge is 0.301 e. The van der Waals surface area contributed by atoms with E-state index in [0.717, 1.165) is 22.0 Å². The second-order valence-electron chi connectivity index (χ2n) is 4.79. The zero-order valence-corrected chi connectivity index (χ0v) is 14.1. The average molecular weight is 329 g/mol. The third-order valence-corrected chi connectivity index (χ3v) is 5.12. The molecule has 1 aromatic heterocycles. The summed E-state index contributed by atoms with van der Waals surface area (Å²) in [7, 11) is 0. The van der Waals surface area contributed by atoms with Crippen molar-refractivity contribution in [3.63, 3.8) is 0 Å². The normalized spacial score (nSPS) is 14.2. The number of aryl methyl sites for hydroxylation is 1. The Morgan fingerprint density at radius 2 is 2.00 bits per heavy atom. The molecule has 2 nitrogen and oxygen atoms in total. The molecule has 0 aliphatic carbocycles. The zero-order chi connectivity index (χ0) is 14.7. The van der Waals surface area contributed by atoms with Crippen LogP contribution in [0.15, 0.2) is 24.4 Å². The molecule has 0 aliphatic rings. The first-order chi connectivity index (χ1) is 9.51. The van der Waals surface area contributed by atoms with Crippen molar-refractivity contribution in [1.82, 2.24) is 10.3 Å². The summed E-state index contributed by atoms with van der Waals surface area (Å²) in [6.45, 7) is 6.35. The molecule has 5 heteroatoms. The number of benzene rings is 1. The minimum atomic E-state index is 0.116. The lowest BCUT2D eigenvalue weighted by Gasteiger charge is -2.20. The molecule has 0 bridgehead atoms. The summed E-state index contributed by atoms with van der Waals surface area (Å²) in [6, 6.07) is 5.85. The summed E-state index contributed by atoms with van der Waals surface area (Å²) < 4.78 is 0. The van der Waals surface area contributed by atoms with Gasteiger partial charge in [0.05, 0.1) is 6.04 Å². The van der Waals surface area contributed by atoms with Gasteiger partial charge in [0, 0.05) is 27.2 Å². The van der Waals surface area contributed by atoms with Gasteiger partial charge in [-0.15, -0.1) is 11.3 Å². The van der Waals surface area contributed by atoms with Crippen LogP contribution in [0.25, 0.3) is 0 Å². The van der Waals surface area contributed by atoms with Gasteiger partial charge in [-0.3, -0.25) is 0 Å². The fourth-order valence-corrected chi connectivity index (χ4v) is 3.40. The summed E-state index contributed by atoms with van der Waals surface area (Å²) in [6.07, 6.45) is 2.98. The third kappa shape index (κ3) is 3.73. The van der Waals surface area contributed by atoms with E-state index in [9.17, 15) is 0 Å². The van der Waals surface area contributed by atoms with Crippen LogP contribution in [0, 0.1) is 0 Å². The Morgan fingerprint density at radius 1 is 1.25 bits per heavy atom. The van der Waals surface area contributed by atoms with E-state index in [4.69, 9.17) is 23.2 Å². The van der Waals surface area contributed by atoms with Crippen LogP contribution in [-0.2, 0) is 6.42 Å². The maximum Gasteiger partial charge on any atom is 0.109 e. The molecule has 1 heterocycles. The van der Waals surface area contributed by atoms with Gasteiger partial charge in [0.15, 0.2) is 0 Å². The Hall–Kier alpha value is -0.610. The summed E-state index contributed by atoms with van der Waals surface area (Å²) in [5.41, 5.74) is 1.01. The number of nitrogens with zero attached hydrogens (tertiary/aromatic N) is 1. The maximum atomic E-state index is 6.24. The van der Waals surface area contributed by atoms with E-state index in [1.54, 1.807) is 17.4 Å². The fourth-order valence-electron chi connectivity index (χ4n) is 2.07. The molecule has 0 radical (unpaired) electrons. The smallest absolute Gasteiger partial charge is 0.109 e. The number of thiazole rings is 1. The summed E-state index contributed by atoms with van der Waals surface area (Å²) in [5, 5.41) is 6.06. The first kappa shape index (κ1) is 15.8. The Labute approximate surface area is 134 Å². The molecule has 2 rings (SSSR count). The van der Waals surface area contributed by atoms with Crippen LogP contribution in [0.1, 0.15) is 48.3 Å². The highest BCUT2D eigenvalue weighted by Gasteiger charge is 2.16. The topological polar surface area (TPSA) is 24.9 Å². The number of aromatic nitrogens is 1. The quantitative estimate of drug-likeness (QED) is 0.792. The van der Waals surface area contributed by atoms with E-state index in [-0.39, 0.29) is 12.1 Å². The summed E-state index contributed by atoms with van der Waals surface area (Å²) >= 11 is 14.0. The van der Waals surface area contributed by atoms with E-state index in [1.807, 2.05) is 18.3 Å². The first-order valence-electron chi connectivity index (χ1n) is 6.66. The highest BCUT2D eigenvalue weighted by molar-refractivity contribution is 7.11. The fraction of sp³-hybridized carbons (Fsp3) is 0.400. The highest BCUT2D eigenvalue weighted by Crippen LogP contribution is 2.29. The number of hydrogen-bond donors (Lipinski definition) is 1. The molecule has 2 atom stereocenters. The van der Waals surface area contributed by atoms with Crippen LogP contribution in [0.5, 0.6) is 0 Å². The van der Waals surface area contributed by atoms with Gasteiger partial charge < -0.3 is 5.32 Å². The number of nitrogens with one attached hydrogen (secondary N) is 1. The van der Waals surface area contributed by atoms with Crippen molar-refractivity contribution in [2.75, 3.05) is 0 Å². The second-order valence-corrected chi connectivity index (χ2v) is 6.78. The molecule has 0 aliphatic heterocycles. The molecule has 2 unspecified atom stereocenters. The summed E-state index contributed by atoms with van der Waals surface area (Å²) in [4.78, 5) is 5.78. The highest BCUT2D eigenvalue weighted by atomic mass is 35.5. The van der Waals surface area contributed by atoms with Crippen molar-refractivity contribution < 1.29 is 0 Å². The van der Waals surface area contributed by atoms with Gasteiger partial charge in [-0.25, -0.2) is 4.98 Å². The van der Waals surface area contributed by atoms with E-state index in [1.165, 1.54) is 4.88 Å². The Morgan fingerprint density at radius 3 is 2.65 bits per heavy atom. The molecule has 0 fully saturated rings. The Bertz CT molecular complexity index is 583. The third-order valence-electron chi connectivity index (χ3n) is 3.21. The predicted molar refractivity (Wildman–Crippen MR) is 87.9 cm³/mol. The second kappa shape index (κ2) is 6.90. The molecule has 0 saturated heterocycles. The molecular formula is C15H18Cl2N2S. The lowest BCUT2D eigenvalue weighted by molar-refractivity contribution is 0.493. The van der Waals surface area contributed by atoms with E-state index < -0.39 is 0 Å². The maximum absolute atomic E-state index is 6.24. The molecule has 0 amide bonds. The van der Waals surface area contributed by atoms with Crippen molar-refractivity contribution >= 4 is 34.5 Å². The van der Waals surface area contributed by atoms with Gasteiger partial charge in [-0.2, -0.15) is 0 Å². The van der Waals surface area contributed by atoms with Crippen LogP contribution in [0.4, 0.5) is 0 Å². The van der Waals surface area contributed by atoms with Gasteiger partial charge in [0.1, 0.15) is 5.01 Å². The zero-order valence-electron chi connectivity index (χ0n) is 11.8. The van der Waals surface area contributed by atoms with Crippen LogP contribution in [0.3, 0.4) is 0 Å². The molecule has 20 heavy (non-hydrogen) atoms. The molecule has 108 valence electrons. The van der Waals surface area contributed by atoms with E-state index >= 15 is 0 Å². The lowest BCUT2D eigenvalue weighted by Crippen LogP contribution is -2.22. The van der Waals surface area contributed by atoms with Gasteiger partial charge in [0.25, 0.3) is 0 Å². The molecule has 1 N–H and O–H groups in total. The number of rotatable bonds is 5. The van der Waals surface area contributed by atoms with Gasteiger partial charge >= 0.3 is 0 Å². The number of halogens is 2. The molecule has 2 aromatic rings. The molecule has 0 saturated carbocycles.